The maximum Gasteiger partial charge on any atom is 0.412 e. The molecule has 12 heteroatoms. The van der Waals surface area contributed by atoms with Crippen LogP contribution in [-0.4, -0.2) is 66.9 Å². The van der Waals surface area contributed by atoms with Crippen LogP contribution in [0.4, 0.5) is 9.18 Å². The van der Waals surface area contributed by atoms with E-state index in [1.54, 1.807) is 19.3 Å². The second-order valence-corrected chi connectivity index (χ2v) is 10.8. The summed E-state index contributed by atoms with van der Waals surface area (Å²) in [7, 11) is -3.97. The number of aromatic nitrogens is 2. The molecule has 1 N–H and O–H groups in total. The van der Waals surface area contributed by atoms with Crippen LogP contribution >= 0.6 is 11.6 Å². The van der Waals surface area contributed by atoms with E-state index in [0.717, 1.165) is 31.5 Å². The largest absolute Gasteiger partial charge is 0.422 e. The Labute approximate surface area is 185 Å². The van der Waals surface area contributed by atoms with Crippen molar-refractivity contribution in [2.45, 2.75) is 62.6 Å². The first-order valence-electron chi connectivity index (χ1n) is 10.3. The van der Waals surface area contributed by atoms with Crippen LogP contribution in [0, 0.1) is 5.92 Å². The molecule has 1 aromatic rings. The number of carbonyl (C=O) groups excluding carboxylic acids is 1. The topological polar surface area (TPSA) is 111 Å². The summed E-state index contributed by atoms with van der Waals surface area (Å²) in [5.74, 6) is 1.29. The van der Waals surface area contributed by atoms with E-state index in [4.69, 9.17) is 21.1 Å². The highest BCUT2D eigenvalue weighted by molar-refractivity contribution is 7.89. The molecule has 5 atom stereocenters. The van der Waals surface area contributed by atoms with Gasteiger partial charge >= 0.3 is 6.09 Å². The zero-order valence-corrected chi connectivity index (χ0v) is 18.7. The van der Waals surface area contributed by atoms with Crippen molar-refractivity contribution >= 4 is 27.7 Å². The Morgan fingerprint density at radius 1 is 1.39 bits per heavy atom. The number of carbonyl (C=O) groups is 1. The van der Waals surface area contributed by atoms with Gasteiger partial charge in [0, 0.05) is 36.4 Å². The first-order valence-corrected chi connectivity index (χ1v) is 12.3. The molecular weight excluding hydrogens is 451 g/mol. The Morgan fingerprint density at radius 2 is 2.13 bits per heavy atom. The third-order valence-corrected chi connectivity index (χ3v) is 7.72. The number of fused-ring (bicyclic) bond motifs is 1. The van der Waals surface area contributed by atoms with Crippen LogP contribution in [0.2, 0.25) is 5.02 Å². The van der Waals surface area contributed by atoms with Crippen molar-refractivity contribution < 1.29 is 27.1 Å². The normalized spacial score (nSPS) is 32.5. The molecule has 0 bridgehead atoms. The number of nitrogens with one attached hydrogen (secondary N) is 1. The minimum atomic E-state index is -3.97. The number of hydrogen-bond acceptors (Lipinski definition) is 7. The number of amides is 1. The van der Waals surface area contributed by atoms with Gasteiger partial charge in [0.05, 0.1) is 11.1 Å². The first-order chi connectivity index (χ1) is 14.7. The highest BCUT2D eigenvalue weighted by Gasteiger charge is 2.59. The Hall–Kier alpha value is -1.56. The van der Waals surface area contributed by atoms with Crippen molar-refractivity contribution in [3.8, 4) is 0 Å². The van der Waals surface area contributed by atoms with E-state index in [0.29, 0.717) is 17.4 Å². The summed E-state index contributed by atoms with van der Waals surface area (Å²) < 4.78 is 48.6. The fraction of sp³-hybridized carbons (Fsp3) is 0.737. The van der Waals surface area contributed by atoms with E-state index in [1.165, 1.54) is 4.90 Å². The van der Waals surface area contributed by atoms with E-state index < -0.39 is 28.2 Å². The van der Waals surface area contributed by atoms with E-state index in [2.05, 4.69) is 14.7 Å². The molecule has 172 valence electrons. The van der Waals surface area contributed by atoms with E-state index >= 15 is 0 Å². The van der Waals surface area contributed by atoms with Crippen LogP contribution < -0.4 is 4.72 Å². The number of rotatable bonds is 7. The minimum Gasteiger partial charge on any atom is -0.422 e. The van der Waals surface area contributed by atoms with Gasteiger partial charge in [-0.1, -0.05) is 11.6 Å². The monoisotopic (exact) mass is 476 g/mol. The van der Waals surface area contributed by atoms with Gasteiger partial charge in [0.15, 0.2) is 6.79 Å². The van der Waals surface area contributed by atoms with Gasteiger partial charge in [0.25, 0.3) is 0 Å². The zero-order chi connectivity index (χ0) is 22.2. The van der Waals surface area contributed by atoms with Crippen LogP contribution in [0.1, 0.15) is 44.9 Å². The van der Waals surface area contributed by atoms with Gasteiger partial charge in [-0.3, -0.25) is 0 Å². The molecule has 31 heavy (non-hydrogen) atoms. The summed E-state index contributed by atoms with van der Waals surface area (Å²) in [4.78, 5) is 22.6. The second-order valence-electron chi connectivity index (χ2n) is 8.65. The lowest BCUT2D eigenvalue weighted by atomic mass is 9.86. The molecule has 1 aliphatic heterocycles. The predicted molar refractivity (Wildman–Crippen MR) is 110 cm³/mol. The van der Waals surface area contributed by atoms with Gasteiger partial charge in [-0.15, -0.1) is 0 Å². The fourth-order valence-electron chi connectivity index (χ4n) is 4.88. The molecule has 3 fully saturated rings. The summed E-state index contributed by atoms with van der Waals surface area (Å²) in [5, 5.41) is 0.523. The van der Waals surface area contributed by atoms with E-state index in [9.17, 15) is 17.6 Å². The van der Waals surface area contributed by atoms with Crippen LogP contribution in [0.15, 0.2) is 12.4 Å². The number of alkyl halides is 1. The van der Waals surface area contributed by atoms with Crippen LogP contribution in [0.25, 0.3) is 0 Å². The first kappa shape index (κ1) is 22.6. The number of sulfonamides is 1. The molecule has 2 saturated carbocycles. The molecule has 3 aliphatic rings. The Bertz CT molecular complexity index is 920. The number of ether oxygens (including phenoxy) is 2. The van der Waals surface area contributed by atoms with Gasteiger partial charge < -0.3 is 14.4 Å². The Morgan fingerprint density at radius 3 is 2.81 bits per heavy atom. The molecular formula is C19H26ClFN4O5S. The number of halogens is 2. The summed E-state index contributed by atoms with van der Waals surface area (Å²) in [6, 6.07) is -2.23. The molecule has 0 aromatic carbocycles. The molecule has 1 saturated heterocycles. The Balaban J connectivity index is 1.20. The molecule has 1 aromatic heterocycles. The zero-order valence-electron chi connectivity index (χ0n) is 17.2. The standard InChI is InChI=1S/C19H26ClFN4O5S/c1-12-4-15(24-31(27,28)10-21)9-25(12)18(26)30-11-29-16-2-3-19(6-13(19)5-16)17-22-7-14(20)8-23-17/h7-8,12-13,15-16,24H,2-6,9-11H2,1H3/t12?,13-,15?,16+,19-/m0/s1. The van der Waals surface area contributed by atoms with Crippen LogP contribution in [0.5, 0.6) is 0 Å². The van der Waals surface area contributed by atoms with Crippen LogP contribution in [0.3, 0.4) is 0 Å². The number of nitrogens with zero attached hydrogens (tertiary/aromatic N) is 3. The second kappa shape index (κ2) is 8.76. The highest BCUT2D eigenvalue weighted by Crippen LogP contribution is 2.61. The quantitative estimate of drug-likeness (QED) is 0.601. The van der Waals surface area contributed by atoms with Crippen LogP contribution in [-0.2, 0) is 24.9 Å². The highest BCUT2D eigenvalue weighted by atomic mass is 35.5. The summed E-state index contributed by atoms with van der Waals surface area (Å²) in [5.41, 5.74) is 0.0219. The molecule has 1 amide bonds. The predicted octanol–water partition coefficient (Wildman–Crippen LogP) is 2.36. The fourth-order valence-corrected chi connectivity index (χ4v) is 5.72. The molecule has 0 spiro atoms. The van der Waals surface area contributed by atoms with Crippen molar-refractivity contribution in [3.05, 3.63) is 23.2 Å². The smallest absolute Gasteiger partial charge is 0.412 e. The van der Waals surface area contributed by atoms with Crippen molar-refractivity contribution in [1.82, 2.24) is 19.6 Å². The average molecular weight is 477 g/mol. The van der Waals surface area contributed by atoms with Gasteiger partial charge in [-0.05, 0) is 44.9 Å². The van der Waals surface area contributed by atoms with Crippen molar-refractivity contribution in [1.29, 1.82) is 0 Å². The maximum absolute atomic E-state index is 12.5. The molecule has 2 aliphatic carbocycles. The Kier molecular flexibility index (Phi) is 6.39. The summed E-state index contributed by atoms with van der Waals surface area (Å²) in [6.07, 6.45) is 6.71. The SMILES string of the molecule is CC1CC(NS(=O)(=O)CF)CN1C(=O)OCO[C@@H]1CC[C@]2(c3ncc(Cl)cn3)C[C@@H]2C1. The maximum atomic E-state index is 12.5. The minimum absolute atomic E-state index is 0.000777. The average Bonchev–Trinajstić information content (AvgIpc) is 3.36. The van der Waals surface area contributed by atoms with E-state index in [1.807, 2.05) is 0 Å². The number of hydrogen-bond donors (Lipinski definition) is 1. The van der Waals surface area contributed by atoms with Crippen molar-refractivity contribution in [2.75, 3.05) is 19.3 Å². The van der Waals surface area contributed by atoms with Gasteiger partial charge in [-0.2, -0.15) is 0 Å². The lowest BCUT2D eigenvalue weighted by Crippen LogP contribution is -2.40. The summed E-state index contributed by atoms with van der Waals surface area (Å²) in [6.45, 7) is 1.76. The van der Waals surface area contributed by atoms with Gasteiger partial charge in [0.1, 0.15) is 5.82 Å². The number of likely N-dealkylation sites (tertiary alicyclic amines) is 1. The van der Waals surface area contributed by atoms with Crippen molar-refractivity contribution in [2.24, 2.45) is 5.92 Å². The molecule has 2 heterocycles. The van der Waals surface area contributed by atoms with Gasteiger partial charge in [0.2, 0.25) is 16.0 Å². The lowest BCUT2D eigenvalue weighted by molar-refractivity contribution is -0.0780. The molecule has 4 rings (SSSR count). The lowest BCUT2D eigenvalue weighted by Gasteiger charge is -2.27. The molecule has 2 unspecified atom stereocenters. The molecule has 9 nitrogen and oxygen atoms in total. The van der Waals surface area contributed by atoms with Gasteiger partial charge in [-0.25, -0.2) is 32.3 Å². The van der Waals surface area contributed by atoms with Crippen molar-refractivity contribution in [3.63, 3.8) is 0 Å². The third kappa shape index (κ3) is 4.94. The van der Waals surface area contributed by atoms with E-state index in [-0.39, 0.29) is 30.9 Å². The third-order valence-electron chi connectivity index (χ3n) is 6.54. The molecule has 0 radical (unpaired) electrons. The summed E-state index contributed by atoms with van der Waals surface area (Å²) >= 11 is 5.88.